The van der Waals surface area contributed by atoms with Gasteiger partial charge < -0.3 is 9.47 Å². The first-order chi connectivity index (χ1) is 13.7. The lowest BCUT2D eigenvalue weighted by molar-refractivity contribution is -0.0926. The maximum atomic E-state index is 12.9. The van der Waals surface area contributed by atoms with Gasteiger partial charge in [0.1, 0.15) is 5.60 Å². The lowest BCUT2D eigenvalue weighted by Gasteiger charge is -2.34. The van der Waals surface area contributed by atoms with Crippen molar-refractivity contribution < 1.29 is 19.1 Å². The minimum atomic E-state index is -0.560. The third-order valence-corrected chi connectivity index (χ3v) is 7.37. The van der Waals surface area contributed by atoms with Crippen LogP contribution in [-0.4, -0.2) is 36.9 Å². The zero-order valence-corrected chi connectivity index (χ0v) is 19.2. The zero-order chi connectivity index (χ0) is 21.2. The summed E-state index contributed by atoms with van der Waals surface area (Å²) in [5, 5.41) is 0. The highest BCUT2D eigenvalue weighted by Gasteiger charge is 2.36. The van der Waals surface area contributed by atoms with Crippen molar-refractivity contribution in [3.05, 3.63) is 40.4 Å². The Morgan fingerprint density at radius 1 is 1.21 bits per heavy atom. The normalized spacial score (nSPS) is 16.6. The van der Waals surface area contributed by atoms with Gasteiger partial charge in [-0.1, -0.05) is 32.5 Å². The number of ether oxygens (including phenoxy) is 2. The molecule has 2 heterocycles. The molecule has 0 aliphatic carbocycles. The highest BCUT2D eigenvalue weighted by Crippen LogP contribution is 2.42. The van der Waals surface area contributed by atoms with E-state index in [-0.39, 0.29) is 17.2 Å². The fourth-order valence-electron chi connectivity index (χ4n) is 3.35. The van der Waals surface area contributed by atoms with Crippen LogP contribution in [0.25, 0.3) is 0 Å². The molecule has 5 nitrogen and oxygen atoms in total. The van der Waals surface area contributed by atoms with Gasteiger partial charge in [-0.25, -0.2) is 4.98 Å². The molecule has 0 unspecified atom stereocenters. The van der Waals surface area contributed by atoms with Gasteiger partial charge in [-0.2, -0.15) is 0 Å². The van der Waals surface area contributed by atoms with Gasteiger partial charge in [0, 0.05) is 60.8 Å². The number of Topliss-reactive ketones (excluding diaryl/α,β-unsaturated/α-hetero) is 2. The summed E-state index contributed by atoms with van der Waals surface area (Å²) in [7, 11) is 1.74. The molecule has 7 heteroatoms. The monoisotopic (exact) mass is 433 g/mol. The summed E-state index contributed by atoms with van der Waals surface area (Å²) in [6, 6.07) is 5.44. The van der Waals surface area contributed by atoms with E-state index in [2.05, 4.69) is 4.98 Å². The first-order valence-electron chi connectivity index (χ1n) is 9.63. The number of carbonyl (C=O) groups is 2. The second-order valence-corrected chi connectivity index (χ2v) is 10.6. The number of thiazole rings is 1. The highest BCUT2D eigenvalue weighted by atomic mass is 32.2. The van der Waals surface area contributed by atoms with Crippen LogP contribution < -0.4 is 0 Å². The van der Waals surface area contributed by atoms with E-state index in [1.807, 2.05) is 39.1 Å². The van der Waals surface area contributed by atoms with E-state index in [1.54, 1.807) is 24.5 Å². The predicted octanol–water partition coefficient (Wildman–Crippen LogP) is 5.38. The Balaban J connectivity index is 1.88. The van der Waals surface area contributed by atoms with E-state index in [0.29, 0.717) is 24.3 Å². The van der Waals surface area contributed by atoms with Gasteiger partial charge >= 0.3 is 0 Å². The molecular formula is C22H27NO4S2. The zero-order valence-electron chi connectivity index (χ0n) is 17.5. The van der Waals surface area contributed by atoms with Crippen LogP contribution in [0.2, 0.25) is 0 Å². The molecule has 0 radical (unpaired) electrons. The van der Waals surface area contributed by atoms with Crippen molar-refractivity contribution in [1.29, 1.82) is 0 Å². The molecule has 2 aromatic rings. The summed E-state index contributed by atoms with van der Waals surface area (Å²) < 4.78 is 12.2. The second kappa shape index (κ2) is 8.68. The fourth-order valence-corrected chi connectivity index (χ4v) is 5.57. The van der Waals surface area contributed by atoms with Gasteiger partial charge in [0.2, 0.25) is 0 Å². The minimum absolute atomic E-state index is 0.0366. The molecule has 0 atom stereocenters. The molecule has 1 aliphatic heterocycles. The Labute approximate surface area is 180 Å². The van der Waals surface area contributed by atoms with Crippen LogP contribution >= 0.6 is 23.1 Å². The number of methoxy groups -OCH3 is 1. The third kappa shape index (κ3) is 4.79. The lowest BCUT2D eigenvalue weighted by Crippen LogP contribution is -2.34. The summed E-state index contributed by atoms with van der Waals surface area (Å²) in [5.41, 5.74) is 0.0512. The third-order valence-electron chi connectivity index (χ3n) is 5.13. The van der Waals surface area contributed by atoms with Crippen molar-refractivity contribution in [2.75, 3.05) is 20.3 Å². The number of rotatable bonds is 6. The van der Waals surface area contributed by atoms with Gasteiger partial charge in [-0.15, -0.1) is 11.3 Å². The largest absolute Gasteiger partial charge is 0.381 e. The summed E-state index contributed by atoms with van der Waals surface area (Å²) >= 11 is 3.11. The number of aromatic nitrogens is 1. The predicted molar refractivity (Wildman–Crippen MR) is 115 cm³/mol. The number of hydrogen-bond donors (Lipinski definition) is 0. The van der Waals surface area contributed by atoms with Crippen molar-refractivity contribution in [1.82, 2.24) is 4.98 Å². The maximum Gasteiger partial charge on any atom is 0.168 e. The van der Waals surface area contributed by atoms with Crippen LogP contribution in [0.1, 0.15) is 66.1 Å². The Kier molecular flexibility index (Phi) is 6.63. The number of carbonyl (C=O) groups excluding carboxylic acids is 2. The van der Waals surface area contributed by atoms with Gasteiger partial charge in [0.25, 0.3) is 0 Å². The van der Waals surface area contributed by atoms with Gasteiger partial charge in [-0.05, 0) is 25.1 Å². The number of benzene rings is 1. The topological polar surface area (TPSA) is 65.5 Å². The van der Waals surface area contributed by atoms with Crippen LogP contribution in [-0.2, 0) is 15.1 Å². The maximum absolute atomic E-state index is 12.9. The fraction of sp³-hybridized carbons (Fsp3) is 0.500. The smallest absolute Gasteiger partial charge is 0.168 e. The minimum Gasteiger partial charge on any atom is -0.381 e. The standard InChI is InChI=1S/C22H27NO4S2/c1-14(24)16-7-6-15(12-17(16)19(25)21(2,3)4)28-20-23-13-18(29-20)22(26-5)8-10-27-11-9-22/h6-7,12-13H,8-11H2,1-5H3. The number of ketones is 2. The molecule has 0 N–H and O–H groups in total. The highest BCUT2D eigenvalue weighted by molar-refractivity contribution is 8.01. The van der Waals surface area contributed by atoms with Crippen LogP contribution in [0.3, 0.4) is 0 Å². The van der Waals surface area contributed by atoms with E-state index in [1.165, 1.54) is 18.7 Å². The van der Waals surface area contributed by atoms with Crippen LogP contribution in [0, 0.1) is 5.41 Å². The molecule has 1 fully saturated rings. The Bertz CT molecular complexity index is 908. The molecule has 3 rings (SSSR count). The first kappa shape index (κ1) is 22.2. The molecular weight excluding hydrogens is 406 g/mol. The molecule has 1 aromatic carbocycles. The SMILES string of the molecule is COC1(c2cnc(Sc3ccc(C(C)=O)c(C(=O)C(C)(C)C)c3)s2)CCOCC1. The van der Waals surface area contributed by atoms with Gasteiger partial charge in [-0.3, -0.25) is 9.59 Å². The Morgan fingerprint density at radius 2 is 1.90 bits per heavy atom. The van der Waals surface area contributed by atoms with Crippen molar-refractivity contribution in [2.45, 2.75) is 55.4 Å². The van der Waals surface area contributed by atoms with E-state index in [4.69, 9.17) is 9.47 Å². The molecule has 1 aromatic heterocycles. The van der Waals surface area contributed by atoms with Crippen LogP contribution in [0.5, 0.6) is 0 Å². The lowest BCUT2D eigenvalue weighted by atomic mass is 9.84. The van der Waals surface area contributed by atoms with Crippen molar-refractivity contribution in [3.8, 4) is 0 Å². The average Bonchev–Trinajstić information content (AvgIpc) is 3.16. The van der Waals surface area contributed by atoms with E-state index < -0.39 is 5.41 Å². The first-order valence-corrected chi connectivity index (χ1v) is 11.3. The molecule has 0 amide bonds. The van der Waals surface area contributed by atoms with E-state index in [0.717, 1.165) is 27.0 Å². The van der Waals surface area contributed by atoms with Crippen LogP contribution in [0.4, 0.5) is 0 Å². The van der Waals surface area contributed by atoms with Crippen molar-refractivity contribution in [2.24, 2.45) is 5.41 Å². The summed E-state index contributed by atoms with van der Waals surface area (Å²) in [4.78, 5) is 31.5. The van der Waals surface area contributed by atoms with Crippen molar-refractivity contribution >= 4 is 34.7 Å². The second-order valence-electron chi connectivity index (χ2n) is 8.25. The molecule has 1 saturated heterocycles. The van der Waals surface area contributed by atoms with Gasteiger partial charge in [0.15, 0.2) is 15.9 Å². The van der Waals surface area contributed by atoms with E-state index >= 15 is 0 Å². The molecule has 156 valence electrons. The number of nitrogens with zero attached hydrogens (tertiary/aromatic N) is 1. The van der Waals surface area contributed by atoms with Crippen LogP contribution in [0.15, 0.2) is 33.6 Å². The summed E-state index contributed by atoms with van der Waals surface area (Å²) in [5.74, 6) is -0.141. The van der Waals surface area contributed by atoms with Crippen molar-refractivity contribution in [3.63, 3.8) is 0 Å². The Hall–Kier alpha value is -1.54. The Morgan fingerprint density at radius 3 is 2.48 bits per heavy atom. The number of hydrogen-bond acceptors (Lipinski definition) is 7. The van der Waals surface area contributed by atoms with Gasteiger partial charge in [0.05, 0.1) is 4.88 Å². The van der Waals surface area contributed by atoms with E-state index in [9.17, 15) is 9.59 Å². The molecule has 1 aliphatic rings. The molecule has 29 heavy (non-hydrogen) atoms. The quantitative estimate of drug-likeness (QED) is 0.570. The summed E-state index contributed by atoms with van der Waals surface area (Å²) in [6.45, 7) is 8.45. The average molecular weight is 434 g/mol. The molecule has 0 spiro atoms. The summed E-state index contributed by atoms with van der Waals surface area (Å²) in [6.07, 6.45) is 3.51. The molecule has 0 bridgehead atoms. The molecule has 0 saturated carbocycles.